The SMILES string of the molecule is O=C1C[C@H](I)[C@@H](c2ccccc2)O1. The van der Waals surface area contributed by atoms with Crippen molar-refractivity contribution in [1.82, 2.24) is 0 Å². The molecule has 0 N–H and O–H groups in total. The van der Waals surface area contributed by atoms with E-state index in [0.717, 1.165) is 5.56 Å². The molecule has 68 valence electrons. The van der Waals surface area contributed by atoms with E-state index in [1.54, 1.807) is 0 Å². The van der Waals surface area contributed by atoms with Gasteiger partial charge in [0.15, 0.2) is 0 Å². The van der Waals surface area contributed by atoms with Crippen molar-refractivity contribution in [2.45, 2.75) is 16.4 Å². The van der Waals surface area contributed by atoms with Gasteiger partial charge in [0.1, 0.15) is 6.10 Å². The fourth-order valence-electron chi connectivity index (χ4n) is 1.45. The highest BCUT2D eigenvalue weighted by Crippen LogP contribution is 2.34. The highest BCUT2D eigenvalue weighted by Gasteiger charge is 2.33. The summed E-state index contributed by atoms with van der Waals surface area (Å²) in [5.41, 5.74) is 1.09. The molecule has 2 rings (SSSR count). The lowest BCUT2D eigenvalue weighted by Crippen LogP contribution is -2.05. The average molecular weight is 288 g/mol. The summed E-state index contributed by atoms with van der Waals surface area (Å²) in [6, 6.07) is 9.88. The lowest BCUT2D eigenvalue weighted by Gasteiger charge is -2.12. The Labute approximate surface area is 90.4 Å². The molecule has 1 heterocycles. The molecular weight excluding hydrogens is 279 g/mol. The zero-order chi connectivity index (χ0) is 9.26. The maximum absolute atomic E-state index is 11.0. The van der Waals surface area contributed by atoms with Gasteiger partial charge in [0.05, 0.1) is 10.3 Å². The van der Waals surface area contributed by atoms with Crippen molar-refractivity contribution in [3.05, 3.63) is 35.9 Å². The first-order valence-corrected chi connectivity index (χ1v) is 5.40. The van der Waals surface area contributed by atoms with Gasteiger partial charge in [0, 0.05) is 0 Å². The maximum atomic E-state index is 11.0. The first-order chi connectivity index (χ1) is 6.27. The number of esters is 1. The molecule has 1 aromatic rings. The summed E-state index contributed by atoms with van der Waals surface area (Å²) >= 11 is 2.27. The van der Waals surface area contributed by atoms with Crippen LogP contribution in [0, 0.1) is 0 Å². The molecule has 1 saturated heterocycles. The van der Waals surface area contributed by atoms with E-state index >= 15 is 0 Å². The van der Waals surface area contributed by atoms with Crippen molar-refractivity contribution in [2.75, 3.05) is 0 Å². The first kappa shape index (κ1) is 8.99. The number of hydrogen-bond donors (Lipinski definition) is 0. The summed E-state index contributed by atoms with van der Waals surface area (Å²) < 4.78 is 5.48. The lowest BCUT2D eigenvalue weighted by molar-refractivity contribution is -0.141. The van der Waals surface area contributed by atoms with Gasteiger partial charge >= 0.3 is 5.97 Å². The molecule has 2 atom stereocenters. The quantitative estimate of drug-likeness (QED) is 0.451. The van der Waals surface area contributed by atoms with Crippen molar-refractivity contribution in [2.24, 2.45) is 0 Å². The van der Waals surface area contributed by atoms with Crippen LogP contribution in [0.1, 0.15) is 18.1 Å². The summed E-state index contributed by atoms with van der Waals surface area (Å²) in [6.45, 7) is 0. The molecule has 0 radical (unpaired) electrons. The Bertz CT molecular complexity index is 310. The molecule has 2 nitrogen and oxygen atoms in total. The van der Waals surface area contributed by atoms with E-state index in [1.807, 2.05) is 30.3 Å². The van der Waals surface area contributed by atoms with Gasteiger partial charge in [0.2, 0.25) is 0 Å². The Balaban J connectivity index is 2.23. The van der Waals surface area contributed by atoms with E-state index in [9.17, 15) is 4.79 Å². The standard InChI is InChI=1S/C10H9IO2/c11-8-6-9(12)13-10(8)7-4-2-1-3-5-7/h1-5,8,10H,6H2/t8-,10+/m0/s1. The molecule has 1 aliphatic heterocycles. The van der Waals surface area contributed by atoms with Gasteiger partial charge in [-0.2, -0.15) is 0 Å². The number of cyclic esters (lactones) is 1. The van der Waals surface area contributed by atoms with Crippen molar-refractivity contribution in [1.29, 1.82) is 0 Å². The Morgan fingerprint density at radius 2 is 2.00 bits per heavy atom. The molecule has 0 bridgehead atoms. The van der Waals surface area contributed by atoms with Crippen LogP contribution in [0.3, 0.4) is 0 Å². The summed E-state index contributed by atoms with van der Waals surface area (Å²) in [6.07, 6.45) is 0.481. The van der Waals surface area contributed by atoms with E-state index in [1.165, 1.54) is 0 Å². The van der Waals surface area contributed by atoms with E-state index in [-0.39, 0.29) is 16.0 Å². The average Bonchev–Trinajstić information content (AvgIpc) is 2.47. The third-order valence-corrected chi connectivity index (χ3v) is 3.17. The lowest BCUT2D eigenvalue weighted by atomic mass is 10.1. The van der Waals surface area contributed by atoms with Gasteiger partial charge in [-0.1, -0.05) is 52.9 Å². The third-order valence-electron chi connectivity index (χ3n) is 2.08. The minimum absolute atomic E-state index is 0.0469. The minimum Gasteiger partial charge on any atom is -0.456 e. The number of carbonyl (C=O) groups is 1. The summed E-state index contributed by atoms with van der Waals surface area (Å²) in [4.78, 5) is 11.0. The Morgan fingerprint density at radius 1 is 1.31 bits per heavy atom. The largest absolute Gasteiger partial charge is 0.456 e. The second-order valence-corrected chi connectivity index (χ2v) is 4.64. The molecule has 3 heteroatoms. The molecule has 0 spiro atoms. The Morgan fingerprint density at radius 3 is 2.54 bits per heavy atom. The second-order valence-electron chi connectivity index (χ2n) is 3.04. The maximum Gasteiger partial charge on any atom is 0.307 e. The van der Waals surface area contributed by atoms with Crippen molar-refractivity contribution in [3.8, 4) is 0 Å². The third kappa shape index (κ3) is 1.85. The number of benzene rings is 1. The molecule has 0 unspecified atom stereocenters. The van der Waals surface area contributed by atoms with Crippen LogP contribution in [0.5, 0.6) is 0 Å². The molecule has 13 heavy (non-hydrogen) atoms. The van der Waals surface area contributed by atoms with E-state index in [0.29, 0.717) is 6.42 Å². The molecular formula is C10H9IO2. The van der Waals surface area contributed by atoms with Gasteiger partial charge in [-0.05, 0) is 5.56 Å². The van der Waals surface area contributed by atoms with Crippen LogP contribution in [-0.4, -0.2) is 9.89 Å². The van der Waals surface area contributed by atoms with Crippen molar-refractivity contribution in [3.63, 3.8) is 0 Å². The van der Waals surface area contributed by atoms with Gasteiger partial charge in [-0.25, -0.2) is 0 Å². The number of alkyl halides is 1. The monoisotopic (exact) mass is 288 g/mol. The van der Waals surface area contributed by atoms with Crippen molar-refractivity contribution < 1.29 is 9.53 Å². The van der Waals surface area contributed by atoms with E-state index in [2.05, 4.69) is 22.6 Å². The summed E-state index contributed by atoms with van der Waals surface area (Å²) in [7, 11) is 0. The molecule has 0 aliphatic carbocycles. The number of carbonyl (C=O) groups excluding carboxylic acids is 1. The zero-order valence-corrected chi connectivity index (χ0v) is 9.10. The van der Waals surface area contributed by atoms with Crippen LogP contribution in [0.2, 0.25) is 0 Å². The fraction of sp³-hybridized carbons (Fsp3) is 0.300. The van der Waals surface area contributed by atoms with Crippen LogP contribution in [0.25, 0.3) is 0 Å². The smallest absolute Gasteiger partial charge is 0.307 e. The highest BCUT2D eigenvalue weighted by atomic mass is 127. The van der Waals surface area contributed by atoms with Gasteiger partial charge in [-0.3, -0.25) is 4.79 Å². The van der Waals surface area contributed by atoms with Crippen LogP contribution < -0.4 is 0 Å². The topological polar surface area (TPSA) is 26.3 Å². The van der Waals surface area contributed by atoms with Crippen molar-refractivity contribution >= 4 is 28.6 Å². The fourth-order valence-corrected chi connectivity index (χ4v) is 2.37. The predicted octanol–water partition coefficient (Wildman–Crippen LogP) is 2.48. The second kappa shape index (κ2) is 3.65. The van der Waals surface area contributed by atoms with E-state index in [4.69, 9.17) is 4.74 Å². The number of rotatable bonds is 1. The first-order valence-electron chi connectivity index (χ1n) is 4.16. The predicted molar refractivity (Wildman–Crippen MR) is 57.7 cm³/mol. The van der Waals surface area contributed by atoms with E-state index < -0.39 is 0 Å². The zero-order valence-electron chi connectivity index (χ0n) is 6.94. The number of halogens is 1. The van der Waals surface area contributed by atoms with Crippen LogP contribution >= 0.6 is 22.6 Å². The molecule has 0 saturated carbocycles. The van der Waals surface area contributed by atoms with Gasteiger partial charge < -0.3 is 4.74 Å². The Kier molecular flexibility index (Phi) is 2.53. The van der Waals surface area contributed by atoms with Crippen LogP contribution in [0.15, 0.2) is 30.3 Å². The summed E-state index contributed by atoms with van der Waals surface area (Å²) in [5.74, 6) is -0.0896. The van der Waals surface area contributed by atoms with Crippen LogP contribution in [0.4, 0.5) is 0 Å². The Hall–Kier alpha value is -0.580. The van der Waals surface area contributed by atoms with Crippen LogP contribution in [-0.2, 0) is 9.53 Å². The molecule has 1 fully saturated rings. The number of ether oxygens (including phenoxy) is 1. The molecule has 1 aliphatic rings. The molecule has 0 aromatic heterocycles. The highest BCUT2D eigenvalue weighted by molar-refractivity contribution is 14.1. The summed E-state index contributed by atoms with van der Waals surface area (Å²) in [5, 5.41) is 0. The normalized spacial score (nSPS) is 27.3. The number of hydrogen-bond acceptors (Lipinski definition) is 2. The van der Waals surface area contributed by atoms with Gasteiger partial charge in [0.25, 0.3) is 0 Å². The van der Waals surface area contributed by atoms with Gasteiger partial charge in [-0.15, -0.1) is 0 Å². The molecule has 0 amide bonds. The molecule has 1 aromatic carbocycles. The minimum atomic E-state index is -0.0896.